The predicted octanol–water partition coefficient (Wildman–Crippen LogP) is 2.48. The average molecular weight is 279 g/mol. The van der Waals surface area contributed by atoms with E-state index >= 15 is 0 Å². The summed E-state index contributed by atoms with van der Waals surface area (Å²) < 4.78 is 2.15. The number of carbonyl (C=O) groups excluding carboxylic acids is 1. The van der Waals surface area contributed by atoms with E-state index in [0.29, 0.717) is 12.5 Å². The quantitative estimate of drug-likeness (QED) is 0.805. The molecule has 0 radical (unpaired) electrons. The topological polar surface area (TPSA) is 37.3 Å². The Kier molecular flexibility index (Phi) is 2.19. The summed E-state index contributed by atoms with van der Waals surface area (Å²) in [6.07, 6.45) is 4.73. The fraction of sp³-hybridized carbons (Fsp3) is 0.353. The van der Waals surface area contributed by atoms with E-state index in [-0.39, 0.29) is 5.78 Å². The van der Waals surface area contributed by atoms with Crippen LogP contribution in [0, 0.1) is 0 Å². The Hall–Kier alpha value is -2.07. The lowest BCUT2D eigenvalue weighted by Gasteiger charge is -2.30. The molecule has 1 aliphatic carbocycles. The van der Waals surface area contributed by atoms with Crippen molar-refractivity contribution in [3.05, 3.63) is 41.7 Å². The molecule has 1 N–H and O–H groups in total. The Morgan fingerprint density at radius 1 is 1.19 bits per heavy atom. The number of hydrogen-bond acceptors (Lipinski definition) is 3. The number of hydrogen-bond donors (Lipinski definition) is 1. The summed E-state index contributed by atoms with van der Waals surface area (Å²) in [5.41, 5.74) is 4.70. The first-order valence-corrected chi connectivity index (χ1v) is 7.68. The highest BCUT2D eigenvalue weighted by Gasteiger charge is 2.37. The van der Waals surface area contributed by atoms with Gasteiger partial charge in [0.2, 0.25) is 0 Å². The van der Waals surface area contributed by atoms with E-state index in [1.807, 2.05) is 0 Å². The summed E-state index contributed by atoms with van der Waals surface area (Å²) in [4.78, 5) is 15.0. The van der Waals surface area contributed by atoms with Crippen LogP contribution in [0.3, 0.4) is 0 Å². The van der Waals surface area contributed by atoms with Crippen molar-refractivity contribution in [2.24, 2.45) is 0 Å². The van der Waals surface area contributed by atoms with Crippen molar-refractivity contribution >= 4 is 22.4 Å². The molecule has 21 heavy (non-hydrogen) atoms. The van der Waals surface area contributed by atoms with Gasteiger partial charge in [0.1, 0.15) is 5.70 Å². The molecule has 3 heterocycles. The highest BCUT2D eigenvalue weighted by molar-refractivity contribution is 6.18. The summed E-state index contributed by atoms with van der Waals surface area (Å²) in [6.45, 7) is 1.80. The summed E-state index contributed by atoms with van der Waals surface area (Å²) in [6, 6.07) is 8.96. The SMILES string of the molecule is O=C1CCCC2=C1n1ccc3cccc(c31)C1CNCN21. The molecule has 0 amide bonds. The van der Waals surface area contributed by atoms with Gasteiger partial charge in [-0.15, -0.1) is 0 Å². The van der Waals surface area contributed by atoms with Crippen LogP contribution in [0.1, 0.15) is 30.9 Å². The molecule has 2 aromatic rings. The Morgan fingerprint density at radius 3 is 3.10 bits per heavy atom. The predicted molar refractivity (Wildman–Crippen MR) is 81.5 cm³/mol. The molecule has 1 unspecified atom stereocenters. The number of carbonyl (C=O) groups is 1. The number of Topliss-reactive ketones (excluding diaryl/α,β-unsaturated/α-hetero) is 1. The molecule has 4 nitrogen and oxygen atoms in total. The van der Waals surface area contributed by atoms with Crippen LogP contribution >= 0.6 is 0 Å². The molecule has 106 valence electrons. The lowest BCUT2D eigenvalue weighted by molar-refractivity contribution is -0.114. The zero-order chi connectivity index (χ0) is 14.0. The van der Waals surface area contributed by atoms with E-state index in [9.17, 15) is 4.79 Å². The molecule has 5 rings (SSSR count). The van der Waals surface area contributed by atoms with E-state index in [0.717, 1.165) is 31.8 Å². The van der Waals surface area contributed by atoms with Gasteiger partial charge in [-0.1, -0.05) is 18.2 Å². The fourth-order valence-corrected chi connectivity index (χ4v) is 4.15. The average Bonchev–Trinajstić information content (AvgIpc) is 3.10. The van der Waals surface area contributed by atoms with Crippen molar-refractivity contribution in [1.29, 1.82) is 0 Å². The molecule has 0 saturated carbocycles. The van der Waals surface area contributed by atoms with Crippen molar-refractivity contribution in [3.63, 3.8) is 0 Å². The molecule has 1 saturated heterocycles. The monoisotopic (exact) mass is 279 g/mol. The number of benzene rings is 1. The molecular weight excluding hydrogens is 262 g/mol. The van der Waals surface area contributed by atoms with Gasteiger partial charge < -0.3 is 9.47 Å². The van der Waals surface area contributed by atoms with Crippen molar-refractivity contribution < 1.29 is 4.79 Å². The minimum Gasteiger partial charge on any atom is -0.352 e. The van der Waals surface area contributed by atoms with Crippen LogP contribution in [-0.2, 0) is 4.79 Å². The van der Waals surface area contributed by atoms with Crippen LogP contribution in [0.25, 0.3) is 16.6 Å². The van der Waals surface area contributed by atoms with Gasteiger partial charge in [0, 0.05) is 35.8 Å². The van der Waals surface area contributed by atoms with Crippen LogP contribution in [-0.4, -0.2) is 28.5 Å². The number of fused-ring (bicyclic) bond motifs is 4. The van der Waals surface area contributed by atoms with Crippen molar-refractivity contribution in [2.45, 2.75) is 25.3 Å². The largest absolute Gasteiger partial charge is 0.352 e. The Labute approximate surface area is 123 Å². The molecule has 0 spiro atoms. The molecular formula is C17H17N3O. The molecule has 2 aliphatic heterocycles. The van der Waals surface area contributed by atoms with Crippen LogP contribution in [0.2, 0.25) is 0 Å². The zero-order valence-corrected chi connectivity index (χ0v) is 11.8. The van der Waals surface area contributed by atoms with Gasteiger partial charge >= 0.3 is 0 Å². The standard InChI is InChI=1S/C17H17N3O/c21-15-6-2-5-13-17(15)19-8-7-11-3-1-4-12(16(11)19)14-9-18-10-20(13)14/h1,3-4,7-8,14,18H,2,5-6,9-10H2. The Morgan fingerprint density at radius 2 is 2.14 bits per heavy atom. The smallest absolute Gasteiger partial charge is 0.181 e. The first kappa shape index (κ1) is 11.6. The van der Waals surface area contributed by atoms with Gasteiger partial charge in [0.25, 0.3) is 0 Å². The van der Waals surface area contributed by atoms with Gasteiger partial charge in [0.15, 0.2) is 5.78 Å². The number of aromatic nitrogens is 1. The lowest BCUT2D eigenvalue weighted by Crippen LogP contribution is -2.28. The van der Waals surface area contributed by atoms with Gasteiger partial charge in [-0.25, -0.2) is 0 Å². The van der Waals surface area contributed by atoms with E-state index in [2.05, 4.69) is 45.2 Å². The second-order valence-corrected chi connectivity index (χ2v) is 6.14. The van der Waals surface area contributed by atoms with Gasteiger partial charge in [-0.2, -0.15) is 0 Å². The summed E-state index contributed by atoms with van der Waals surface area (Å²) in [7, 11) is 0. The first-order valence-electron chi connectivity index (χ1n) is 7.68. The van der Waals surface area contributed by atoms with Crippen molar-refractivity contribution in [1.82, 2.24) is 14.8 Å². The molecule has 1 fully saturated rings. The van der Waals surface area contributed by atoms with Crippen LogP contribution in [0.5, 0.6) is 0 Å². The Bertz CT molecular complexity index is 801. The van der Waals surface area contributed by atoms with Crippen LogP contribution < -0.4 is 5.32 Å². The highest BCUT2D eigenvalue weighted by atomic mass is 16.1. The third kappa shape index (κ3) is 1.40. The molecule has 1 atom stereocenters. The number of ketones is 1. The minimum atomic E-state index is 0.288. The third-order valence-electron chi connectivity index (χ3n) is 5.04. The van der Waals surface area contributed by atoms with Gasteiger partial charge in [-0.3, -0.25) is 10.1 Å². The fourth-order valence-electron chi connectivity index (χ4n) is 4.15. The number of para-hydroxylation sites is 1. The second-order valence-electron chi connectivity index (χ2n) is 6.14. The maximum atomic E-state index is 12.6. The molecule has 1 aromatic heterocycles. The molecule has 4 heteroatoms. The van der Waals surface area contributed by atoms with Crippen molar-refractivity contribution in [3.8, 4) is 0 Å². The summed E-state index contributed by atoms with van der Waals surface area (Å²) in [5, 5.41) is 4.71. The van der Waals surface area contributed by atoms with Crippen molar-refractivity contribution in [2.75, 3.05) is 13.2 Å². The molecule has 1 aromatic carbocycles. The van der Waals surface area contributed by atoms with Gasteiger partial charge in [-0.05, 0) is 18.9 Å². The molecule has 0 bridgehead atoms. The Balaban J connectivity index is 1.91. The number of nitrogens with zero attached hydrogens (tertiary/aromatic N) is 2. The first-order chi connectivity index (χ1) is 10.3. The van der Waals surface area contributed by atoms with E-state index < -0.39 is 0 Å². The number of allylic oxidation sites excluding steroid dienone is 2. The van der Waals surface area contributed by atoms with Gasteiger partial charge in [0.05, 0.1) is 18.2 Å². The molecule has 3 aliphatic rings. The van der Waals surface area contributed by atoms with Crippen LogP contribution in [0.15, 0.2) is 36.2 Å². The van der Waals surface area contributed by atoms with Crippen LogP contribution in [0.4, 0.5) is 0 Å². The van der Waals surface area contributed by atoms with E-state index in [1.165, 1.54) is 22.2 Å². The third-order valence-corrected chi connectivity index (χ3v) is 5.04. The maximum absolute atomic E-state index is 12.6. The summed E-state index contributed by atoms with van der Waals surface area (Å²) in [5.74, 6) is 0.288. The lowest BCUT2D eigenvalue weighted by atomic mass is 9.98. The normalized spacial score (nSPS) is 24.3. The number of nitrogens with one attached hydrogen (secondary N) is 1. The summed E-state index contributed by atoms with van der Waals surface area (Å²) >= 11 is 0. The zero-order valence-electron chi connectivity index (χ0n) is 11.8. The van der Waals surface area contributed by atoms with E-state index in [1.54, 1.807) is 0 Å². The van der Waals surface area contributed by atoms with E-state index in [4.69, 9.17) is 0 Å². The minimum absolute atomic E-state index is 0.288. The second kappa shape index (κ2) is 3.98. The highest BCUT2D eigenvalue weighted by Crippen LogP contribution is 2.42. The maximum Gasteiger partial charge on any atom is 0.181 e. The number of rotatable bonds is 0.